The first-order valence-corrected chi connectivity index (χ1v) is 14.3. The lowest BCUT2D eigenvalue weighted by molar-refractivity contribution is -0.247. The number of aliphatic hydroxyl groups excluding tert-OH is 3. The lowest BCUT2D eigenvalue weighted by Gasteiger charge is -2.42. The minimum Gasteiger partial charge on any atom is -0.394 e. The van der Waals surface area contributed by atoms with Gasteiger partial charge >= 0.3 is 21.3 Å². The zero-order valence-corrected chi connectivity index (χ0v) is 22.0. The molecule has 1 aromatic heterocycles. The Morgan fingerprint density at radius 2 is 1.95 bits per heavy atom. The molecular formula is C17H26N6O15P2. The molecule has 9 atom stereocenters. The topological polar surface area (TPSA) is 314 Å². The molecule has 2 aliphatic rings. The average molecular weight is 616 g/mol. The first-order valence-electron chi connectivity index (χ1n) is 11.3. The summed E-state index contributed by atoms with van der Waals surface area (Å²) in [6.07, 6.45) is -7.50. The van der Waals surface area contributed by atoms with Crippen LogP contribution >= 0.6 is 15.6 Å². The Morgan fingerprint density at radius 3 is 2.60 bits per heavy atom. The molecule has 3 rings (SSSR count). The monoisotopic (exact) mass is 616 g/mol. The van der Waals surface area contributed by atoms with Crippen LogP contribution in [0.3, 0.4) is 0 Å². The van der Waals surface area contributed by atoms with Gasteiger partial charge in [0, 0.05) is 17.2 Å². The number of ether oxygens (including phenoxy) is 2. The molecule has 0 spiro atoms. The zero-order chi connectivity index (χ0) is 29.7. The van der Waals surface area contributed by atoms with E-state index in [1.165, 1.54) is 6.20 Å². The average Bonchev–Trinajstić information content (AvgIpc) is 3.34. The number of hydrogen-bond donors (Lipinski definition) is 7. The largest absolute Gasteiger partial charge is 0.483 e. The predicted molar refractivity (Wildman–Crippen MR) is 126 cm³/mol. The fourth-order valence-corrected chi connectivity index (χ4v) is 5.99. The van der Waals surface area contributed by atoms with Gasteiger partial charge in [0.1, 0.15) is 37.1 Å². The number of phosphoric ester groups is 2. The highest BCUT2D eigenvalue weighted by Gasteiger charge is 2.49. The Bertz CT molecular complexity index is 1320. The molecule has 40 heavy (non-hydrogen) atoms. The summed E-state index contributed by atoms with van der Waals surface area (Å²) in [6, 6.07) is -0.708. The van der Waals surface area contributed by atoms with E-state index in [-0.39, 0.29) is 12.8 Å². The standard InChI is InChI=1S/C17H26N6O15P2/c18-22-19-5-11(26)20-13-15(28)14(27)9(6-24)36-16(13)37-40(32,33)38-39(30,31)34-7-8-1-2-12(35-8)23-4-3-10(25)21-17(23)29/h3-4,8-9,12-16,24,27-28H,1-2,5-7H2,(H,20,26)(H,30,31)(H,32,33)(H,21,25,29)/t8-,9+,12+,13+,14-,15+,16+/m0/s1. The van der Waals surface area contributed by atoms with Gasteiger partial charge in [-0.05, 0) is 18.4 Å². The minimum atomic E-state index is -5.59. The quantitative estimate of drug-likeness (QED) is 0.0562. The molecular weight excluding hydrogens is 590 g/mol. The van der Waals surface area contributed by atoms with E-state index >= 15 is 0 Å². The van der Waals surface area contributed by atoms with Crippen molar-refractivity contribution in [1.29, 1.82) is 0 Å². The summed E-state index contributed by atoms with van der Waals surface area (Å²) in [5.41, 5.74) is 6.96. The Morgan fingerprint density at radius 1 is 1.23 bits per heavy atom. The molecule has 0 radical (unpaired) electrons. The fraction of sp³-hybridized carbons (Fsp3) is 0.706. The molecule has 1 aromatic rings. The molecule has 3 heterocycles. The Hall–Kier alpha value is -2.48. The van der Waals surface area contributed by atoms with Gasteiger partial charge in [0.05, 0.1) is 19.3 Å². The highest BCUT2D eigenvalue weighted by molar-refractivity contribution is 7.61. The number of aromatic nitrogens is 2. The number of phosphoric acid groups is 2. The van der Waals surface area contributed by atoms with Crippen molar-refractivity contribution in [3.05, 3.63) is 43.5 Å². The number of nitrogens with one attached hydrogen (secondary N) is 2. The first kappa shape index (κ1) is 32.0. The van der Waals surface area contributed by atoms with Crippen LogP contribution in [-0.2, 0) is 36.8 Å². The van der Waals surface area contributed by atoms with Crippen molar-refractivity contribution in [3.8, 4) is 0 Å². The molecule has 21 nitrogen and oxygen atoms in total. The zero-order valence-electron chi connectivity index (χ0n) is 20.2. The van der Waals surface area contributed by atoms with Crippen molar-refractivity contribution in [2.75, 3.05) is 19.8 Å². The van der Waals surface area contributed by atoms with Gasteiger partial charge in [-0.2, -0.15) is 4.31 Å². The lowest BCUT2D eigenvalue weighted by Crippen LogP contribution is -2.64. The Kier molecular flexibility index (Phi) is 10.8. The van der Waals surface area contributed by atoms with E-state index in [2.05, 4.69) is 14.3 Å². The second-order valence-electron chi connectivity index (χ2n) is 8.42. The van der Waals surface area contributed by atoms with Crippen molar-refractivity contribution >= 4 is 21.6 Å². The summed E-state index contributed by atoms with van der Waals surface area (Å²) in [6.45, 7) is -2.33. The summed E-state index contributed by atoms with van der Waals surface area (Å²) in [7, 11) is -10.9. The van der Waals surface area contributed by atoms with E-state index in [0.717, 1.165) is 10.6 Å². The third-order valence-electron chi connectivity index (χ3n) is 5.60. The number of aliphatic hydroxyl groups is 3. The predicted octanol–water partition coefficient (Wildman–Crippen LogP) is -2.30. The van der Waals surface area contributed by atoms with E-state index < -0.39 is 95.5 Å². The molecule has 2 aliphatic heterocycles. The number of aromatic amines is 1. The number of hydrogen-bond acceptors (Lipinski definition) is 14. The van der Waals surface area contributed by atoms with Gasteiger partial charge in [-0.1, -0.05) is 5.11 Å². The maximum atomic E-state index is 12.5. The summed E-state index contributed by atoms with van der Waals surface area (Å²) in [4.78, 5) is 59.5. The van der Waals surface area contributed by atoms with Crippen molar-refractivity contribution in [3.63, 3.8) is 0 Å². The van der Waals surface area contributed by atoms with Crippen molar-refractivity contribution < 1.29 is 61.9 Å². The van der Waals surface area contributed by atoms with Crippen molar-refractivity contribution in [1.82, 2.24) is 14.9 Å². The highest BCUT2D eigenvalue weighted by atomic mass is 31.3. The second kappa shape index (κ2) is 13.5. The van der Waals surface area contributed by atoms with E-state index in [1.807, 2.05) is 10.3 Å². The van der Waals surface area contributed by atoms with Crippen LogP contribution in [0, 0.1) is 0 Å². The second-order valence-corrected chi connectivity index (χ2v) is 11.4. The molecule has 0 aromatic carbocycles. The number of amides is 1. The van der Waals surface area contributed by atoms with Crippen LogP contribution in [0.2, 0.25) is 0 Å². The van der Waals surface area contributed by atoms with E-state index in [0.29, 0.717) is 0 Å². The van der Waals surface area contributed by atoms with Crippen LogP contribution in [0.4, 0.5) is 0 Å². The first-order chi connectivity index (χ1) is 18.7. The summed E-state index contributed by atoms with van der Waals surface area (Å²) >= 11 is 0. The van der Waals surface area contributed by atoms with Gasteiger partial charge in [0.25, 0.3) is 5.56 Å². The molecule has 1 amide bonds. The number of carbonyl (C=O) groups is 1. The van der Waals surface area contributed by atoms with Crippen LogP contribution in [0.1, 0.15) is 19.1 Å². The van der Waals surface area contributed by atoms with Gasteiger partial charge in [-0.25, -0.2) is 13.9 Å². The fourth-order valence-electron chi connectivity index (χ4n) is 3.80. The van der Waals surface area contributed by atoms with Crippen molar-refractivity contribution in [2.45, 2.75) is 55.8 Å². The lowest BCUT2D eigenvalue weighted by atomic mass is 9.97. The SMILES string of the molecule is [N-]=[N+]=NCC(=O)N[C@H]1[C@@H](OP(=O)(O)OP(=O)(O)OC[C@@H]2CC[C@H](n3ccc(=O)[nH]c3=O)O2)O[C@H](CO)[C@H](O)[C@@H]1O. The van der Waals surface area contributed by atoms with Crippen LogP contribution in [0.25, 0.3) is 10.4 Å². The Balaban J connectivity index is 1.62. The molecule has 7 N–H and O–H groups in total. The summed E-state index contributed by atoms with van der Waals surface area (Å²) < 4.78 is 50.3. The number of rotatable bonds is 12. The molecule has 0 aliphatic carbocycles. The molecule has 2 saturated heterocycles. The number of azide groups is 1. The maximum absolute atomic E-state index is 12.5. The van der Waals surface area contributed by atoms with E-state index in [1.54, 1.807) is 0 Å². The van der Waals surface area contributed by atoms with Gasteiger partial charge in [-0.15, -0.1) is 0 Å². The highest BCUT2D eigenvalue weighted by Crippen LogP contribution is 2.61. The van der Waals surface area contributed by atoms with Crippen LogP contribution in [0.5, 0.6) is 0 Å². The van der Waals surface area contributed by atoms with Crippen LogP contribution < -0.4 is 16.6 Å². The van der Waals surface area contributed by atoms with Gasteiger partial charge in [-0.3, -0.25) is 28.2 Å². The summed E-state index contributed by atoms with van der Waals surface area (Å²) in [5, 5.41) is 34.8. The molecule has 2 unspecified atom stereocenters. The molecule has 224 valence electrons. The summed E-state index contributed by atoms with van der Waals surface area (Å²) in [5.74, 6) is -1.03. The third-order valence-corrected chi connectivity index (χ3v) is 8.20. The normalized spacial score (nSPS) is 31.5. The van der Waals surface area contributed by atoms with Crippen molar-refractivity contribution in [2.24, 2.45) is 5.11 Å². The van der Waals surface area contributed by atoms with Crippen LogP contribution in [-0.4, -0.2) is 97.1 Å². The number of nitrogens with zero attached hydrogens (tertiary/aromatic N) is 4. The van der Waals surface area contributed by atoms with Gasteiger partial charge in [0.15, 0.2) is 6.29 Å². The molecule has 0 saturated carbocycles. The van der Waals surface area contributed by atoms with E-state index in [9.17, 15) is 48.6 Å². The maximum Gasteiger partial charge on any atom is 0.483 e. The Labute approximate surface area is 223 Å². The molecule has 2 fully saturated rings. The van der Waals surface area contributed by atoms with E-state index in [4.69, 9.17) is 24.1 Å². The smallest absolute Gasteiger partial charge is 0.394 e. The van der Waals surface area contributed by atoms with Crippen LogP contribution in [0.15, 0.2) is 27.0 Å². The minimum absolute atomic E-state index is 0.222. The molecule has 0 bridgehead atoms. The van der Waals surface area contributed by atoms with Gasteiger partial charge < -0.3 is 39.9 Å². The number of H-pyrrole nitrogens is 1. The molecule has 23 heteroatoms. The number of carbonyl (C=O) groups excluding carboxylic acids is 1. The van der Waals surface area contributed by atoms with Gasteiger partial charge in [0.2, 0.25) is 5.91 Å². The third kappa shape index (κ3) is 8.51.